The summed E-state index contributed by atoms with van der Waals surface area (Å²) >= 11 is 5.03. The predicted molar refractivity (Wildman–Crippen MR) is 73.6 cm³/mol. The smallest absolute Gasteiger partial charge is 0.302 e. The molecule has 0 N–H and O–H groups in total. The highest BCUT2D eigenvalue weighted by Crippen LogP contribution is 2.39. The number of likely N-dealkylation sites (N-methyl/N-ethyl adjacent to an activating group) is 1. The van der Waals surface area contributed by atoms with Crippen molar-refractivity contribution in [2.24, 2.45) is 0 Å². The van der Waals surface area contributed by atoms with Gasteiger partial charge in [0.05, 0.1) is 5.69 Å². The highest BCUT2D eigenvalue weighted by Gasteiger charge is 2.39. The molecular weight excluding hydrogens is 264 g/mol. The molecule has 98 valence electrons. The van der Waals surface area contributed by atoms with Crippen LogP contribution in [-0.4, -0.2) is 29.6 Å². The Morgan fingerprint density at radius 3 is 2.63 bits per heavy atom. The summed E-state index contributed by atoms with van der Waals surface area (Å²) in [6, 6.07) is 7.54. The van der Waals surface area contributed by atoms with E-state index in [0.29, 0.717) is 18.2 Å². The van der Waals surface area contributed by atoms with E-state index < -0.39 is 0 Å². The van der Waals surface area contributed by atoms with Crippen molar-refractivity contribution < 1.29 is 14.3 Å². The number of nitrogens with zero attached hydrogens (tertiary/aromatic N) is 2. The van der Waals surface area contributed by atoms with Crippen LogP contribution in [0.15, 0.2) is 35.9 Å². The Hall–Kier alpha value is -2.08. The standard InChI is InChI=1S/C13H12N2O3S/c1-3-15-11(16)10(18-13(15)19)12-14(2)8-6-4-5-7-9(8)17-12/h4-7H,3H2,1-2H3. The van der Waals surface area contributed by atoms with Gasteiger partial charge in [-0.05, 0) is 31.3 Å². The molecule has 0 bridgehead atoms. The largest absolute Gasteiger partial charge is 0.435 e. The molecule has 0 saturated carbocycles. The molecule has 0 unspecified atom stereocenters. The Kier molecular flexibility index (Phi) is 2.67. The van der Waals surface area contributed by atoms with Crippen molar-refractivity contribution in [2.45, 2.75) is 6.92 Å². The molecule has 1 amide bonds. The Bertz CT molecular complexity index is 612. The zero-order chi connectivity index (χ0) is 13.6. The van der Waals surface area contributed by atoms with Crippen molar-refractivity contribution in [3.8, 4) is 5.75 Å². The molecule has 1 aromatic carbocycles. The lowest BCUT2D eigenvalue weighted by Gasteiger charge is -2.11. The molecule has 5 nitrogen and oxygen atoms in total. The maximum Gasteiger partial charge on any atom is 0.302 e. The molecule has 6 heteroatoms. The zero-order valence-corrected chi connectivity index (χ0v) is 11.4. The van der Waals surface area contributed by atoms with Gasteiger partial charge in [-0.25, -0.2) is 0 Å². The first kappa shape index (κ1) is 12.0. The second-order valence-electron chi connectivity index (χ2n) is 4.18. The van der Waals surface area contributed by atoms with Gasteiger partial charge in [0.15, 0.2) is 5.75 Å². The van der Waals surface area contributed by atoms with E-state index in [1.165, 1.54) is 4.90 Å². The van der Waals surface area contributed by atoms with Crippen molar-refractivity contribution in [1.29, 1.82) is 0 Å². The molecule has 2 aliphatic heterocycles. The minimum Gasteiger partial charge on any atom is -0.435 e. The average Bonchev–Trinajstić information content (AvgIpc) is 2.88. The number of hydrogen-bond acceptors (Lipinski definition) is 5. The third-order valence-electron chi connectivity index (χ3n) is 3.10. The third kappa shape index (κ3) is 1.67. The number of benzene rings is 1. The molecule has 1 aromatic rings. The fourth-order valence-corrected chi connectivity index (χ4v) is 2.40. The topological polar surface area (TPSA) is 42.0 Å². The van der Waals surface area contributed by atoms with Gasteiger partial charge in [-0.1, -0.05) is 12.1 Å². The van der Waals surface area contributed by atoms with Crippen LogP contribution in [0.2, 0.25) is 0 Å². The molecule has 0 aromatic heterocycles. The van der Waals surface area contributed by atoms with Crippen molar-refractivity contribution >= 4 is 29.0 Å². The summed E-state index contributed by atoms with van der Waals surface area (Å²) in [5.41, 5.74) is 0.891. The second kappa shape index (κ2) is 4.24. The molecule has 19 heavy (non-hydrogen) atoms. The molecular formula is C13H12N2O3S. The second-order valence-corrected chi connectivity index (χ2v) is 4.53. The van der Waals surface area contributed by atoms with E-state index in [0.717, 1.165) is 5.69 Å². The average molecular weight is 276 g/mol. The Morgan fingerprint density at radius 1 is 1.26 bits per heavy atom. The number of hydrogen-bond donors (Lipinski definition) is 0. The van der Waals surface area contributed by atoms with Gasteiger partial charge in [-0.2, -0.15) is 0 Å². The first-order valence-electron chi connectivity index (χ1n) is 5.92. The Labute approximate surface area is 116 Å². The zero-order valence-electron chi connectivity index (χ0n) is 10.5. The summed E-state index contributed by atoms with van der Waals surface area (Å²) in [6.45, 7) is 2.32. The number of amides is 1. The van der Waals surface area contributed by atoms with Gasteiger partial charge in [-0.3, -0.25) is 9.69 Å². The summed E-state index contributed by atoms with van der Waals surface area (Å²) in [7, 11) is 1.82. The van der Waals surface area contributed by atoms with Crippen molar-refractivity contribution in [2.75, 3.05) is 18.5 Å². The van der Waals surface area contributed by atoms with E-state index in [-0.39, 0.29) is 16.8 Å². The van der Waals surface area contributed by atoms with Crippen LogP contribution in [0.5, 0.6) is 5.75 Å². The molecule has 3 rings (SSSR count). The molecule has 2 aliphatic rings. The number of anilines is 1. The van der Waals surface area contributed by atoms with E-state index in [2.05, 4.69) is 0 Å². The third-order valence-corrected chi connectivity index (χ3v) is 3.40. The fraction of sp³-hybridized carbons (Fsp3) is 0.231. The first-order valence-corrected chi connectivity index (χ1v) is 6.33. The van der Waals surface area contributed by atoms with Crippen molar-refractivity contribution in [3.63, 3.8) is 0 Å². The van der Waals surface area contributed by atoms with Gasteiger partial charge in [0.2, 0.25) is 5.88 Å². The number of ether oxygens (including phenoxy) is 2. The highest BCUT2D eigenvalue weighted by atomic mass is 32.1. The summed E-state index contributed by atoms with van der Waals surface area (Å²) in [6.07, 6.45) is 0. The number of fused-ring (bicyclic) bond motifs is 1. The summed E-state index contributed by atoms with van der Waals surface area (Å²) in [4.78, 5) is 15.4. The summed E-state index contributed by atoms with van der Waals surface area (Å²) in [5.74, 6) is 0.960. The van der Waals surface area contributed by atoms with Gasteiger partial charge in [0, 0.05) is 13.6 Å². The molecule has 1 saturated heterocycles. The van der Waals surface area contributed by atoms with Crippen molar-refractivity contribution in [3.05, 3.63) is 35.9 Å². The first-order chi connectivity index (χ1) is 9.13. The summed E-state index contributed by atoms with van der Waals surface area (Å²) < 4.78 is 11.1. The number of thiocarbonyl (C=S) groups is 1. The minimum absolute atomic E-state index is 0.144. The van der Waals surface area contributed by atoms with Crippen LogP contribution in [0.4, 0.5) is 5.69 Å². The van der Waals surface area contributed by atoms with Crippen LogP contribution < -0.4 is 9.64 Å². The summed E-state index contributed by atoms with van der Waals surface area (Å²) in [5, 5.41) is 0.169. The van der Waals surface area contributed by atoms with E-state index >= 15 is 0 Å². The van der Waals surface area contributed by atoms with Crippen LogP contribution in [0, 0.1) is 0 Å². The Morgan fingerprint density at radius 2 is 2.00 bits per heavy atom. The maximum absolute atomic E-state index is 12.2. The van der Waals surface area contributed by atoms with Crippen molar-refractivity contribution in [1.82, 2.24) is 4.90 Å². The molecule has 1 fully saturated rings. The number of carbonyl (C=O) groups excluding carboxylic acids is 1. The lowest BCUT2D eigenvalue weighted by atomic mass is 10.3. The molecule has 2 heterocycles. The fourth-order valence-electron chi connectivity index (χ4n) is 2.10. The van der Waals surface area contributed by atoms with Crippen LogP contribution in [0.25, 0.3) is 0 Å². The number of carbonyl (C=O) groups is 1. The predicted octanol–water partition coefficient (Wildman–Crippen LogP) is 1.85. The molecule has 0 spiro atoms. The van der Waals surface area contributed by atoms with Gasteiger partial charge < -0.3 is 14.4 Å². The van der Waals surface area contributed by atoms with Crippen LogP contribution in [0.3, 0.4) is 0 Å². The normalized spacial score (nSPS) is 21.6. The lowest BCUT2D eigenvalue weighted by molar-refractivity contribution is -0.123. The van der Waals surface area contributed by atoms with Gasteiger partial charge in [0.25, 0.3) is 10.9 Å². The lowest BCUT2D eigenvalue weighted by Crippen LogP contribution is -2.28. The van der Waals surface area contributed by atoms with Crippen LogP contribution >= 0.6 is 12.2 Å². The van der Waals surface area contributed by atoms with E-state index in [1.54, 1.807) is 4.90 Å². The molecule has 0 atom stereocenters. The van der Waals surface area contributed by atoms with E-state index in [1.807, 2.05) is 38.2 Å². The maximum atomic E-state index is 12.2. The van der Waals surface area contributed by atoms with Crippen LogP contribution in [0.1, 0.15) is 6.92 Å². The number of rotatable bonds is 1. The van der Waals surface area contributed by atoms with E-state index in [4.69, 9.17) is 21.7 Å². The number of para-hydroxylation sites is 2. The quantitative estimate of drug-likeness (QED) is 0.578. The SMILES string of the molecule is CCN1C(=O)C(=C2Oc3ccccc3N2C)OC1=S. The molecule has 0 radical (unpaired) electrons. The highest BCUT2D eigenvalue weighted by molar-refractivity contribution is 7.80. The van der Waals surface area contributed by atoms with Gasteiger partial charge >= 0.3 is 5.91 Å². The monoisotopic (exact) mass is 276 g/mol. The van der Waals surface area contributed by atoms with Gasteiger partial charge in [0.1, 0.15) is 0 Å². The van der Waals surface area contributed by atoms with E-state index in [9.17, 15) is 4.79 Å². The van der Waals surface area contributed by atoms with Gasteiger partial charge in [-0.15, -0.1) is 0 Å². The minimum atomic E-state index is -0.262. The Balaban J connectivity index is 2.03. The molecule has 0 aliphatic carbocycles. The van der Waals surface area contributed by atoms with Crippen LogP contribution in [-0.2, 0) is 9.53 Å².